The van der Waals surface area contributed by atoms with Gasteiger partial charge in [-0.1, -0.05) is 72.8 Å². The van der Waals surface area contributed by atoms with Gasteiger partial charge in [0.15, 0.2) is 17.5 Å². The maximum Gasteiger partial charge on any atom is 0.167 e. The first kappa shape index (κ1) is 22.9. The molecular weight excluding hydrogens is 520 g/mol. The molecule has 0 saturated heterocycles. The summed E-state index contributed by atoms with van der Waals surface area (Å²) in [6, 6.07) is 36.3. The van der Waals surface area contributed by atoms with Crippen LogP contribution in [0.25, 0.3) is 88.8 Å². The van der Waals surface area contributed by atoms with Gasteiger partial charge in [0.05, 0.1) is 5.56 Å². The zero-order valence-corrected chi connectivity index (χ0v) is 22.2. The molecule has 6 nitrogen and oxygen atoms in total. The first-order valence-corrected chi connectivity index (χ1v) is 13.7. The molecule has 0 N–H and O–H groups in total. The van der Waals surface area contributed by atoms with Crippen LogP contribution in [-0.4, -0.2) is 19.9 Å². The third kappa shape index (κ3) is 3.45. The molecular formula is C36H20N4O2. The molecule has 0 unspecified atom stereocenters. The number of nitrogens with zero attached hydrogens (tertiary/aromatic N) is 4. The van der Waals surface area contributed by atoms with Crippen LogP contribution in [-0.2, 0) is 0 Å². The highest BCUT2D eigenvalue weighted by Crippen LogP contribution is 2.39. The van der Waals surface area contributed by atoms with Crippen LogP contribution in [0.5, 0.6) is 0 Å². The Hall–Kier alpha value is -5.88. The van der Waals surface area contributed by atoms with Crippen molar-refractivity contribution in [2.45, 2.75) is 0 Å². The Morgan fingerprint density at radius 1 is 0.476 bits per heavy atom. The predicted molar refractivity (Wildman–Crippen MR) is 166 cm³/mol. The number of aromatic nitrogens is 4. The van der Waals surface area contributed by atoms with Gasteiger partial charge in [0, 0.05) is 50.5 Å². The molecule has 0 aliphatic carbocycles. The van der Waals surface area contributed by atoms with Crippen LogP contribution in [0.3, 0.4) is 0 Å². The molecule has 0 aliphatic rings. The maximum absolute atomic E-state index is 6.36. The van der Waals surface area contributed by atoms with E-state index >= 15 is 0 Å². The number of furan rings is 2. The van der Waals surface area contributed by atoms with Crippen molar-refractivity contribution in [2.75, 3.05) is 0 Å². The van der Waals surface area contributed by atoms with E-state index in [2.05, 4.69) is 29.2 Å². The molecule has 0 saturated carbocycles. The molecule has 196 valence electrons. The summed E-state index contributed by atoms with van der Waals surface area (Å²) >= 11 is 0. The Labute approximate surface area is 238 Å². The standard InChI is InChI=1S/C36H20N4O2/c1-2-8-21(9-3-1)34-38-35(40-36(39-34)27-13-6-11-25-24-10-4-5-14-29(24)42-33(25)27)26-12-7-15-30-32(26)28-18-23-20-37-17-16-22(23)19-31(28)41-30/h1-20H. The number of benzene rings is 5. The van der Waals surface area contributed by atoms with Gasteiger partial charge in [-0.05, 0) is 41.8 Å². The first-order chi connectivity index (χ1) is 20.8. The van der Waals surface area contributed by atoms with E-state index in [-0.39, 0.29) is 0 Å². The minimum atomic E-state index is 0.544. The number of rotatable bonds is 3. The highest BCUT2D eigenvalue weighted by atomic mass is 16.3. The van der Waals surface area contributed by atoms with E-state index in [1.54, 1.807) is 6.20 Å². The number of fused-ring (bicyclic) bond motifs is 7. The molecule has 4 aromatic heterocycles. The summed E-state index contributed by atoms with van der Waals surface area (Å²) in [6.07, 6.45) is 3.67. The first-order valence-electron chi connectivity index (χ1n) is 13.7. The molecule has 0 atom stereocenters. The van der Waals surface area contributed by atoms with Gasteiger partial charge in [-0.2, -0.15) is 0 Å². The zero-order valence-electron chi connectivity index (χ0n) is 22.2. The summed E-state index contributed by atoms with van der Waals surface area (Å²) in [7, 11) is 0. The van der Waals surface area contributed by atoms with E-state index in [0.29, 0.717) is 17.5 Å². The molecule has 6 heteroatoms. The van der Waals surface area contributed by atoms with Gasteiger partial charge in [-0.3, -0.25) is 4.98 Å². The second-order valence-corrected chi connectivity index (χ2v) is 10.3. The fourth-order valence-corrected chi connectivity index (χ4v) is 5.85. The Morgan fingerprint density at radius 3 is 2.14 bits per heavy atom. The lowest BCUT2D eigenvalue weighted by molar-refractivity contribution is 0.669. The van der Waals surface area contributed by atoms with Crippen molar-refractivity contribution >= 4 is 54.6 Å². The lowest BCUT2D eigenvalue weighted by Crippen LogP contribution is -2.00. The van der Waals surface area contributed by atoms with E-state index in [9.17, 15) is 0 Å². The van der Waals surface area contributed by atoms with Crippen molar-refractivity contribution in [3.8, 4) is 34.2 Å². The van der Waals surface area contributed by atoms with E-state index in [1.807, 2.05) is 91.1 Å². The summed E-state index contributed by atoms with van der Waals surface area (Å²) in [5.74, 6) is 1.69. The van der Waals surface area contributed by atoms with Gasteiger partial charge in [-0.15, -0.1) is 0 Å². The molecule has 0 bridgehead atoms. The van der Waals surface area contributed by atoms with Crippen LogP contribution < -0.4 is 0 Å². The molecule has 0 amide bonds. The van der Waals surface area contributed by atoms with Gasteiger partial charge in [-0.25, -0.2) is 15.0 Å². The van der Waals surface area contributed by atoms with Crippen LogP contribution in [0.2, 0.25) is 0 Å². The van der Waals surface area contributed by atoms with E-state index in [0.717, 1.165) is 71.3 Å². The number of para-hydroxylation sites is 2. The summed E-state index contributed by atoms with van der Waals surface area (Å²) in [5, 5.41) is 6.14. The summed E-state index contributed by atoms with van der Waals surface area (Å²) in [4.78, 5) is 19.4. The summed E-state index contributed by atoms with van der Waals surface area (Å²) in [5.41, 5.74) is 5.74. The molecule has 4 heterocycles. The Morgan fingerprint density at radius 2 is 1.21 bits per heavy atom. The average molecular weight is 541 g/mol. The van der Waals surface area contributed by atoms with Crippen molar-refractivity contribution in [3.05, 3.63) is 122 Å². The molecule has 5 aromatic carbocycles. The number of pyridine rings is 1. The zero-order chi connectivity index (χ0) is 27.6. The average Bonchev–Trinajstić information content (AvgIpc) is 3.62. The highest BCUT2D eigenvalue weighted by Gasteiger charge is 2.20. The molecule has 42 heavy (non-hydrogen) atoms. The van der Waals surface area contributed by atoms with Gasteiger partial charge in [0.2, 0.25) is 0 Å². The Kier molecular flexibility index (Phi) is 4.80. The molecule has 0 radical (unpaired) electrons. The Bertz CT molecular complexity index is 2480. The third-order valence-electron chi connectivity index (χ3n) is 7.81. The van der Waals surface area contributed by atoms with Gasteiger partial charge in [0.25, 0.3) is 0 Å². The second-order valence-electron chi connectivity index (χ2n) is 10.3. The number of hydrogen-bond donors (Lipinski definition) is 0. The minimum Gasteiger partial charge on any atom is -0.456 e. The van der Waals surface area contributed by atoms with Crippen molar-refractivity contribution in [3.63, 3.8) is 0 Å². The van der Waals surface area contributed by atoms with Crippen molar-refractivity contribution < 1.29 is 8.83 Å². The van der Waals surface area contributed by atoms with Crippen LogP contribution >= 0.6 is 0 Å². The topological polar surface area (TPSA) is 77.8 Å². The largest absolute Gasteiger partial charge is 0.456 e. The third-order valence-corrected chi connectivity index (χ3v) is 7.81. The monoisotopic (exact) mass is 540 g/mol. The summed E-state index contributed by atoms with van der Waals surface area (Å²) in [6.45, 7) is 0. The molecule has 9 aromatic rings. The fourth-order valence-electron chi connectivity index (χ4n) is 5.85. The molecule has 0 spiro atoms. The van der Waals surface area contributed by atoms with Crippen LogP contribution in [0.1, 0.15) is 0 Å². The van der Waals surface area contributed by atoms with E-state index < -0.39 is 0 Å². The van der Waals surface area contributed by atoms with Gasteiger partial charge in [0.1, 0.15) is 22.3 Å². The maximum atomic E-state index is 6.36. The summed E-state index contributed by atoms with van der Waals surface area (Å²) < 4.78 is 12.7. The lowest BCUT2D eigenvalue weighted by Gasteiger charge is -2.09. The van der Waals surface area contributed by atoms with Gasteiger partial charge >= 0.3 is 0 Å². The predicted octanol–water partition coefficient (Wildman–Crippen LogP) is 9.22. The lowest BCUT2D eigenvalue weighted by atomic mass is 10.0. The van der Waals surface area contributed by atoms with Crippen molar-refractivity contribution in [2.24, 2.45) is 0 Å². The van der Waals surface area contributed by atoms with E-state index in [4.69, 9.17) is 23.8 Å². The van der Waals surface area contributed by atoms with Crippen LogP contribution in [0, 0.1) is 0 Å². The molecule has 0 fully saturated rings. The van der Waals surface area contributed by atoms with E-state index in [1.165, 1.54) is 0 Å². The minimum absolute atomic E-state index is 0.544. The smallest absolute Gasteiger partial charge is 0.167 e. The SMILES string of the molecule is c1ccc(-c2nc(-c3cccc4c3oc3ccccc34)nc(-c3cccc4oc5cc6ccncc6cc5c34)n2)cc1. The Balaban J connectivity index is 1.35. The van der Waals surface area contributed by atoms with Crippen LogP contribution in [0.15, 0.2) is 130 Å². The fraction of sp³-hybridized carbons (Fsp3) is 0. The number of hydrogen-bond acceptors (Lipinski definition) is 6. The van der Waals surface area contributed by atoms with Crippen LogP contribution in [0.4, 0.5) is 0 Å². The second kappa shape index (κ2) is 8.81. The molecule has 9 rings (SSSR count). The molecule has 0 aliphatic heterocycles. The van der Waals surface area contributed by atoms with Crippen molar-refractivity contribution in [1.29, 1.82) is 0 Å². The van der Waals surface area contributed by atoms with Crippen molar-refractivity contribution in [1.82, 2.24) is 19.9 Å². The highest BCUT2D eigenvalue weighted by molar-refractivity contribution is 6.15. The van der Waals surface area contributed by atoms with Gasteiger partial charge < -0.3 is 8.83 Å². The normalized spacial score (nSPS) is 11.8. The quantitative estimate of drug-likeness (QED) is 0.222.